The summed E-state index contributed by atoms with van der Waals surface area (Å²) in [5.74, 6) is 0.913. The third-order valence-electron chi connectivity index (χ3n) is 2.99. The molecular formula is C14H15N3O. The maximum atomic E-state index is 6.15. The molecule has 1 heterocycles. The Morgan fingerprint density at radius 2 is 1.94 bits per heavy atom. The van der Waals surface area contributed by atoms with Crippen molar-refractivity contribution in [1.82, 2.24) is 9.97 Å². The van der Waals surface area contributed by atoms with Gasteiger partial charge in [0, 0.05) is 6.20 Å². The summed E-state index contributed by atoms with van der Waals surface area (Å²) in [6.45, 7) is 0. The van der Waals surface area contributed by atoms with Crippen LogP contribution in [0.15, 0.2) is 42.9 Å². The van der Waals surface area contributed by atoms with Crippen LogP contribution in [0.5, 0.6) is 5.75 Å². The van der Waals surface area contributed by atoms with Crippen LogP contribution in [-0.2, 0) is 0 Å². The van der Waals surface area contributed by atoms with Crippen molar-refractivity contribution in [2.45, 2.75) is 25.0 Å². The Hall–Kier alpha value is -1.94. The van der Waals surface area contributed by atoms with E-state index in [-0.39, 0.29) is 6.04 Å². The van der Waals surface area contributed by atoms with Gasteiger partial charge in [0.05, 0.1) is 17.8 Å². The van der Waals surface area contributed by atoms with Crippen LogP contribution in [0.1, 0.15) is 30.1 Å². The van der Waals surface area contributed by atoms with Crippen molar-refractivity contribution >= 4 is 0 Å². The number of hydrogen-bond acceptors (Lipinski definition) is 4. The highest BCUT2D eigenvalue weighted by Crippen LogP contribution is 2.27. The highest BCUT2D eigenvalue weighted by atomic mass is 16.5. The normalized spacial score (nSPS) is 16.3. The molecule has 0 bridgehead atoms. The summed E-state index contributed by atoms with van der Waals surface area (Å²) in [7, 11) is 0. The van der Waals surface area contributed by atoms with Gasteiger partial charge in [-0.15, -0.1) is 0 Å². The molecule has 4 heteroatoms. The smallest absolute Gasteiger partial charge is 0.119 e. The Labute approximate surface area is 106 Å². The predicted octanol–water partition coefficient (Wildman–Crippen LogP) is 2.07. The molecule has 0 aliphatic heterocycles. The molecule has 1 aliphatic rings. The Kier molecular flexibility index (Phi) is 2.94. The second kappa shape index (κ2) is 4.74. The summed E-state index contributed by atoms with van der Waals surface area (Å²) in [6.07, 6.45) is 5.98. The number of rotatable bonds is 4. The molecule has 0 radical (unpaired) electrons. The summed E-state index contributed by atoms with van der Waals surface area (Å²) in [6, 6.07) is 9.53. The summed E-state index contributed by atoms with van der Waals surface area (Å²) in [5.41, 5.74) is 7.99. The van der Waals surface area contributed by atoms with E-state index in [2.05, 4.69) is 9.97 Å². The highest BCUT2D eigenvalue weighted by molar-refractivity contribution is 5.32. The number of nitrogens with zero attached hydrogens (tertiary/aromatic N) is 2. The second-order valence-corrected chi connectivity index (χ2v) is 4.50. The maximum absolute atomic E-state index is 6.15. The van der Waals surface area contributed by atoms with Gasteiger partial charge in [-0.05, 0) is 36.6 Å². The third kappa shape index (κ3) is 2.49. The van der Waals surface area contributed by atoms with E-state index in [0.717, 1.165) is 17.0 Å². The zero-order valence-corrected chi connectivity index (χ0v) is 9.99. The first kappa shape index (κ1) is 11.2. The quantitative estimate of drug-likeness (QED) is 0.890. The SMILES string of the molecule is NC(c1ccc(OC2CC2)cc1)c1ccncn1. The van der Waals surface area contributed by atoms with Crippen molar-refractivity contribution < 1.29 is 4.74 Å². The summed E-state index contributed by atoms with van der Waals surface area (Å²) < 4.78 is 5.70. The fourth-order valence-corrected chi connectivity index (χ4v) is 1.79. The van der Waals surface area contributed by atoms with E-state index >= 15 is 0 Å². The molecule has 3 rings (SSSR count). The van der Waals surface area contributed by atoms with Gasteiger partial charge in [0.2, 0.25) is 0 Å². The number of hydrogen-bond donors (Lipinski definition) is 1. The predicted molar refractivity (Wildman–Crippen MR) is 68.2 cm³/mol. The first-order valence-electron chi connectivity index (χ1n) is 6.11. The van der Waals surface area contributed by atoms with Crippen LogP contribution in [0.4, 0.5) is 0 Å². The minimum Gasteiger partial charge on any atom is -0.490 e. The fourth-order valence-electron chi connectivity index (χ4n) is 1.79. The lowest BCUT2D eigenvalue weighted by Gasteiger charge is -2.12. The Morgan fingerprint density at radius 3 is 2.56 bits per heavy atom. The van der Waals surface area contributed by atoms with E-state index in [1.807, 2.05) is 30.3 Å². The first-order valence-corrected chi connectivity index (χ1v) is 6.11. The van der Waals surface area contributed by atoms with Crippen molar-refractivity contribution in [2.24, 2.45) is 5.73 Å². The average molecular weight is 241 g/mol. The minimum atomic E-state index is -0.219. The van der Waals surface area contributed by atoms with Gasteiger partial charge in [0.1, 0.15) is 12.1 Å². The molecule has 1 aromatic heterocycles. The standard InChI is InChI=1S/C14H15N3O/c15-14(13-7-8-16-9-17-13)10-1-3-11(4-2-10)18-12-5-6-12/h1-4,7-9,12,14H,5-6,15H2. The first-order chi connectivity index (χ1) is 8.83. The topological polar surface area (TPSA) is 61.0 Å². The van der Waals surface area contributed by atoms with Gasteiger partial charge in [-0.1, -0.05) is 12.1 Å². The summed E-state index contributed by atoms with van der Waals surface area (Å²) in [4.78, 5) is 8.06. The van der Waals surface area contributed by atoms with Crippen molar-refractivity contribution in [3.05, 3.63) is 54.1 Å². The van der Waals surface area contributed by atoms with E-state index < -0.39 is 0 Å². The maximum Gasteiger partial charge on any atom is 0.119 e. The molecule has 2 N–H and O–H groups in total. The van der Waals surface area contributed by atoms with E-state index in [4.69, 9.17) is 10.5 Å². The molecular weight excluding hydrogens is 226 g/mol. The van der Waals surface area contributed by atoms with Crippen molar-refractivity contribution in [2.75, 3.05) is 0 Å². The van der Waals surface area contributed by atoms with Crippen LogP contribution < -0.4 is 10.5 Å². The number of nitrogens with two attached hydrogens (primary N) is 1. The molecule has 2 aromatic rings. The molecule has 0 saturated heterocycles. The molecule has 1 fully saturated rings. The lowest BCUT2D eigenvalue weighted by atomic mass is 10.0. The molecule has 1 saturated carbocycles. The van der Waals surface area contributed by atoms with Crippen LogP contribution >= 0.6 is 0 Å². The Balaban J connectivity index is 1.75. The van der Waals surface area contributed by atoms with Crippen LogP contribution in [0.25, 0.3) is 0 Å². The number of aromatic nitrogens is 2. The van der Waals surface area contributed by atoms with Crippen LogP contribution in [-0.4, -0.2) is 16.1 Å². The minimum absolute atomic E-state index is 0.219. The lowest BCUT2D eigenvalue weighted by Crippen LogP contribution is -2.13. The van der Waals surface area contributed by atoms with E-state index in [9.17, 15) is 0 Å². The lowest BCUT2D eigenvalue weighted by molar-refractivity contribution is 0.303. The van der Waals surface area contributed by atoms with E-state index in [1.54, 1.807) is 6.20 Å². The monoisotopic (exact) mass is 241 g/mol. The molecule has 0 amide bonds. The molecule has 1 atom stereocenters. The van der Waals surface area contributed by atoms with E-state index in [1.165, 1.54) is 19.2 Å². The fraction of sp³-hybridized carbons (Fsp3) is 0.286. The second-order valence-electron chi connectivity index (χ2n) is 4.50. The Morgan fingerprint density at radius 1 is 1.17 bits per heavy atom. The van der Waals surface area contributed by atoms with Crippen LogP contribution in [0.3, 0.4) is 0 Å². The van der Waals surface area contributed by atoms with Gasteiger partial charge in [0.25, 0.3) is 0 Å². The van der Waals surface area contributed by atoms with E-state index in [0.29, 0.717) is 6.10 Å². The van der Waals surface area contributed by atoms with Gasteiger partial charge in [0.15, 0.2) is 0 Å². The van der Waals surface area contributed by atoms with Crippen molar-refractivity contribution in [1.29, 1.82) is 0 Å². The molecule has 1 aromatic carbocycles. The largest absolute Gasteiger partial charge is 0.490 e. The van der Waals surface area contributed by atoms with Gasteiger partial charge < -0.3 is 10.5 Å². The summed E-state index contributed by atoms with van der Waals surface area (Å²) in [5, 5.41) is 0. The van der Waals surface area contributed by atoms with Crippen LogP contribution in [0, 0.1) is 0 Å². The van der Waals surface area contributed by atoms with Crippen LogP contribution in [0.2, 0.25) is 0 Å². The third-order valence-corrected chi connectivity index (χ3v) is 2.99. The van der Waals surface area contributed by atoms with Gasteiger partial charge in [-0.2, -0.15) is 0 Å². The molecule has 0 spiro atoms. The molecule has 92 valence electrons. The number of ether oxygens (including phenoxy) is 1. The number of benzene rings is 1. The zero-order valence-electron chi connectivity index (χ0n) is 9.99. The molecule has 4 nitrogen and oxygen atoms in total. The molecule has 1 unspecified atom stereocenters. The molecule has 1 aliphatic carbocycles. The van der Waals surface area contributed by atoms with Gasteiger partial charge >= 0.3 is 0 Å². The Bertz CT molecular complexity index is 508. The molecule has 18 heavy (non-hydrogen) atoms. The van der Waals surface area contributed by atoms with Gasteiger partial charge in [-0.25, -0.2) is 9.97 Å². The van der Waals surface area contributed by atoms with Gasteiger partial charge in [-0.3, -0.25) is 0 Å². The highest BCUT2D eigenvalue weighted by Gasteiger charge is 2.23. The average Bonchev–Trinajstić information content (AvgIpc) is 3.24. The summed E-state index contributed by atoms with van der Waals surface area (Å²) >= 11 is 0. The zero-order chi connectivity index (χ0) is 12.4. The van der Waals surface area contributed by atoms with Crippen molar-refractivity contribution in [3.8, 4) is 5.75 Å². The van der Waals surface area contributed by atoms with Crippen molar-refractivity contribution in [3.63, 3.8) is 0 Å².